The molecular formula is C31H27F6N7O4. The Hall–Kier alpha value is -5.45. The highest BCUT2D eigenvalue weighted by Gasteiger charge is 2.32. The van der Waals surface area contributed by atoms with Gasteiger partial charge < -0.3 is 34.6 Å². The first-order chi connectivity index (χ1) is 22.9. The molecule has 0 fully saturated rings. The zero-order valence-corrected chi connectivity index (χ0v) is 25.0. The number of hydrogen-bond donors (Lipinski definition) is 3. The first-order valence-corrected chi connectivity index (χ1v) is 14.4. The minimum absolute atomic E-state index is 0.317. The quantitative estimate of drug-likeness (QED) is 0.123. The molecule has 11 nitrogen and oxygen atoms in total. The van der Waals surface area contributed by atoms with Crippen LogP contribution in [0.1, 0.15) is 11.9 Å². The number of imidazole rings is 1. The highest BCUT2D eigenvalue weighted by molar-refractivity contribution is 5.80. The van der Waals surface area contributed by atoms with E-state index in [0.717, 1.165) is 0 Å². The van der Waals surface area contributed by atoms with Crippen LogP contribution in [-0.4, -0.2) is 70.9 Å². The zero-order chi connectivity index (χ0) is 33.9. The van der Waals surface area contributed by atoms with Crippen LogP contribution >= 0.6 is 0 Å². The third kappa shape index (κ3) is 8.47. The minimum Gasteiger partial charge on any atom is -0.491 e. The van der Waals surface area contributed by atoms with Gasteiger partial charge in [-0.15, -0.1) is 26.3 Å². The number of anilines is 2. The number of halogens is 6. The Morgan fingerprint density at radius 3 is 1.94 bits per heavy atom. The molecule has 6 rings (SSSR count). The lowest BCUT2D eigenvalue weighted by atomic mass is 10.2. The Bertz CT molecular complexity index is 1850. The topological polar surface area (TPSA) is 119 Å². The lowest BCUT2D eigenvalue weighted by molar-refractivity contribution is -0.275. The fourth-order valence-electron chi connectivity index (χ4n) is 4.77. The van der Waals surface area contributed by atoms with Crippen molar-refractivity contribution in [3.8, 4) is 34.5 Å². The highest BCUT2D eigenvalue weighted by atomic mass is 19.4. The molecule has 252 valence electrons. The van der Waals surface area contributed by atoms with E-state index in [4.69, 9.17) is 9.47 Å². The third-order valence-corrected chi connectivity index (χ3v) is 7.03. The number of pyridine rings is 2. The van der Waals surface area contributed by atoms with E-state index in [1.165, 1.54) is 42.6 Å². The molecule has 3 aromatic heterocycles. The predicted octanol–water partition coefficient (Wildman–Crippen LogP) is 6.74. The van der Waals surface area contributed by atoms with E-state index in [2.05, 4.69) is 40.0 Å². The fourth-order valence-corrected chi connectivity index (χ4v) is 4.77. The molecule has 0 aliphatic carbocycles. The van der Waals surface area contributed by atoms with Gasteiger partial charge >= 0.3 is 12.7 Å². The summed E-state index contributed by atoms with van der Waals surface area (Å²) in [5, 5.41) is 6.25. The summed E-state index contributed by atoms with van der Waals surface area (Å²) in [5.41, 5.74) is 3.05. The first-order valence-electron chi connectivity index (χ1n) is 14.4. The van der Waals surface area contributed by atoms with Gasteiger partial charge in [0.15, 0.2) is 5.82 Å². The van der Waals surface area contributed by atoms with Crippen LogP contribution in [0.5, 0.6) is 23.0 Å². The average Bonchev–Trinajstić information content (AvgIpc) is 3.64. The number of nitrogens with zero attached hydrogens (tertiary/aromatic N) is 4. The van der Waals surface area contributed by atoms with E-state index < -0.39 is 18.9 Å². The monoisotopic (exact) mass is 675 g/mol. The van der Waals surface area contributed by atoms with E-state index in [1.54, 1.807) is 30.5 Å². The molecule has 0 bridgehead atoms. The molecule has 0 amide bonds. The van der Waals surface area contributed by atoms with Gasteiger partial charge in [0, 0.05) is 25.2 Å². The molecule has 1 atom stereocenters. The van der Waals surface area contributed by atoms with E-state index in [-0.39, 0.29) is 11.5 Å². The van der Waals surface area contributed by atoms with Gasteiger partial charge in [0.25, 0.3) is 0 Å². The van der Waals surface area contributed by atoms with Crippen molar-refractivity contribution in [2.75, 3.05) is 44.0 Å². The summed E-state index contributed by atoms with van der Waals surface area (Å²) < 4.78 is 94.6. The zero-order valence-electron chi connectivity index (χ0n) is 25.0. The maximum absolute atomic E-state index is 12.5. The first kappa shape index (κ1) is 32.5. The van der Waals surface area contributed by atoms with Crippen LogP contribution in [0.3, 0.4) is 0 Å². The van der Waals surface area contributed by atoms with E-state index >= 15 is 0 Å². The second kappa shape index (κ2) is 13.3. The molecule has 0 saturated heterocycles. The summed E-state index contributed by atoms with van der Waals surface area (Å²) in [6, 6.07) is 14.8. The van der Waals surface area contributed by atoms with Crippen LogP contribution in [0.2, 0.25) is 0 Å². The summed E-state index contributed by atoms with van der Waals surface area (Å²) >= 11 is 0. The van der Waals surface area contributed by atoms with Crippen molar-refractivity contribution < 1.29 is 45.3 Å². The molecule has 5 aromatic rings. The van der Waals surface area contributed by atoms with Crippen LogP contribution < -0.4 is 29.6 Å². The second-order valence-electron chi connectivity index (χ2n) is 10.6. The molecule has 3 N–H and O–H groups in total. The maximum Gasteiger partial charge on any atom is 0.573 e. The van der Waals surface area contributed by atoms with Crippen LogP contribution in [-0.2, 0) is 0 Å². The number of ether oxygens (including phenoxy) is 4. The van der Waals surface area contributed by atoms with Crippen molar-refractivity contribution in [1.82, 2.24) is 24.8 Å². The number of aromatic amines is 1. The minimum atomic E-state index is -4.79. The molecule has 4 heterocycles. The Morgan fingerprint density at radius 1 is 0.708 bits per heavy atom. The Labute approximate surface area is 268 Å². The van der Waals surface area contributed by atoms with Crippen LogP contribution in [0.25, 0.3) is 22.6 Å². The summed E-state index contributed by atoms with van der Waals surface area (Å²) in [6.07, 6.45) is -6.88. The van der Waals surface area contributed by atoms with Crippen molar-refractivity contribution in [3.63, 3.8) is 0 Å². The standard InChI is InChI=1S/C31H27F6N7O4/c1-44(10-12-45-20-4-8-24(38-16-20)28-40-22-6-2-18(14-26(22)42-28)47-30(32,33)34)11-13-46-21-5-9-25(39-17-21)29-41-23-7-3-19(15-27(23)43-29)48-31(35,36)37/h2-9,14-17,28,40,42H,10-13H2,1H3,(H,41,43). The highest BCUT2D eigenvalue weighted by Crippen LogP contribution is 2.38. The molecule has 2 aromatic carbocycles. The van der Waals surface area contributed by atoms with E-state index in [9.17, 15) is 26.3 Å². The molecular weight excluding hydrogens is 648 g/mol. The molecule has 1 aliphatic rings. The number of likely N-dealkylation sites (N-methyl/N-ethyl adjacent to an activating group) is 1. The van der Waals surface area contributed by atoms with Gasteiger partial charge in [0.05, 0.1) is 40.5 Å². The van der Waals surface area contributed by atoms with Crippen molar-refractivity contribution in [1.29, 1.82) is 0 Å². The summed E-state index contributed by atoms with van der Waals surface area (Å²) in [7, 11) is 1.92. The molecule has 1 unspecified atom stereocenters. The number of H-pyrrole nitrogens is 1. The van der Waals surface area contributed by atoms with Crippen molar-refractivity contribution >= 4 is 22.4 Å². The number of rotatable bonds is 12. The third-order valence-electron chi connectivity index (χ3n) is 7.03. The smallest absolute Gasteiger partial charge is 0.491 e. The van der Waals surface area contributed by atoms with E-state index in [0.29, 0.717) is 77.4 Å². The SMILES string of the molecule is CN(CCOc1ccc(-c2nc3ccc(OC(F)(F)F)cc3[nH]2)nc1)CCOc1ccc(C2Nc3ccc(OC(F)(F)F)cc3N2)nc1. The number of hydrogen-bond acceptors (Lipinski definition) is 10. The maximum atomic E-state index is 12.5. The van der Waals surface area contributed by atoms with Crippen molar-refractivity contribution in [2.24, 2.45) is 0 Å². The van der Waals surface area contributed by atoms with Crippen molar-refractivity contribution in [3.05, 3.63) is 78.8 Å². The fraction of sp³-hybridized carbons (Fsp3) is 0.258. The summed E-state index contributed by atoms with van der Waals surface area (Å²) in [5.74, 6) is 0.821. The largest absolute Gasteiger partial charge is 0.573 e. The summed E-state index contributed by atoms with van der Waals surface area (Å²) in [4.78, 5) is 18.1. The normalized spacial score (nSPS) is 14.4. The van der Waals surface area contributed by atoms with Gasteiger partial charge in [-0.3, -0.25) is 9.88 Å². The van der Waals surface area contributed by atoms with Crippen LogP contribution in [0.4, 0.5) is 37.7 Å². The average molecular weight is 676 g/mol. The van der Waals surface area contributed by atoms with Gasteiger partial charge in [0.1, 0.15) is 48.1 Å². The predicted molar refractivity (Wildman–Crippen MR) is 162 cm³/mol. The molecule has 48 heavy (non-hydrogen) atoms. The number of alkyl halides is 6. The van der Waals surface area contributed by atoms with Gasteiger partial charge in [-0.05, 0) is 55.6 Å². The Morgan fingerprint density at radius 2 is 1.31 bits per heavy atom. The summed E-state index contributed by atoms with van der Waals surface area (Å²) in [6.45, 7) is 1.98. The van der Waals surface area contributed by atoms with Gasteiger partial charge in [-0.2, -0.15) is 0 Å². The second-order valence-corrected chi connectivity index (χ2v) is 10.6. The Balaban J connectivity index is 0.911. The Kier molecular flexibility index (Phi) is 9.03. The van der Waals surface area contributed by atoms with Gasteiger partial charge in [0.2, 0.25) is 0 Å². The molecule has 0 saturated carbocycles. The van der Waals surface area contributed by atoms with Gasteiger partial charge in [-0.25, -0.2) is 9.97 Å². The molecule has 17 heteroatoms. The lowest BCUT2D eigenvalue weighted by Gasteiger charge is -2.17. The number of nitrogens with one attached hydrogen (secondary N) is 3. The van der Waals surface area contributed by atoms with E-state index in [1.807, 2.05) is 11.9 Å². The number of aromatic nitrogens is 4. The molecule has 0 radical (unpaired) electrons. The van der Waals surface area contributed by atoms with Gasteiger partial charge in [-0.1, -0.05) is 0 Å². The lowest BCUT2D eigenvalue weighted by Crippen LogP contribution is -2.28. The van der Waals surface area contributed by atoms with Crippen molar-refractivity contribution in [2.45, 2.75) is 18.9 Å². The molecule has 1 aliphatic heterocycles. The van der Waals surface area contributed by atoms with Crippen LogP contribution in [0.15, 0.2) is 73.1 Å². The number of fused-ring (bicyclic) bond motifs is 2. The number of benzene rings is 2. The molecule has 0 spiro atoms. The van der Waals surface area contributed by atoms with Crippen LogP contribution in [0, 0.1) is 0 Å².